The Kier molecular flexibility index (Phi) is 11.6. The number of hydroxylamine groups is 2. The van der Waals surface area contributed by atoms with Crippen LogP contribution in [0.25, 0.3) is 0 Å². The molecule has 0 aromatic heterocycles. The maximum atomic E-state index is 11.6. The molecule has 0 aliphatic rings. The smallest absolute Gasteiger partial charge is 0.0645 e. The highest BCUT2D eigenvalue weighted by atomic mass is 16.9. The molecule has 0 aliphatic carbocycles. The molecule has 0 unspecified atom stereocenters. The number of unbranched alkanes of at least 4 members (excludes halogenated alkanes) is 8. The van der Waals surface area contributed by atoms with E-state index in [0.29, 0.717) is 6.61 Å². The molecule has 116 valence electrons. The zero-order valence-electron chi connectivity index (χ0n) is 13.5. The zero-order valence-corrected chi connectivity index (χ0v) is 13.5. The Bertz CT molecular complexity index is 195. The lowest BCUT2D eigenvalue weighted by molar-refractivity contribution is -0.175. The average Bonchev–Trinajstić information content (AvgIpc) is 2.37. The molecule has 0 rings (SSSR count). The third-order valence-corrected chi connectivity index (χ3v) is 3.63. The van der Waals surface area contributed by atoms with Crippen molar-refractivity contribution >= 4 is 0 Å². The van der Waals surface area contributed by atoms with Crippen LogP contribution in [0.4, 0.5) is 0 Å². The normalized spacial score (nSPS) is 12.3. The van der Waals surface area contributed by atoms with E-state index in [1.54, 1.807) is 0 Å². The van der Waals surface area contributed by atoms with E-state index in [0.717, 1.165) is 18.1 Å². The third kappa shape index (κ3) is 10.3. The molecule has 19 heavy (non-hydrogen) atoms. The molecule has 0 spiro atoms. The van der Waals surface area contributed by atoms with Crippen LogP contribution in [0, 0.1) is 5.21 Å². The van der Waals surface area contributed by atoms with E-state index in [4.69, 9.17) is 4.84 Å². The maximum Gasteiger partial charge on any atom is 0.0645 e. The van der Waals surface area contributed by atoms with Crippen molar-refractivity contribution in [1.29, 1.82) is 0 Å². The minimum atomic E-state index is -0.392. The molecule has 3 nitrogen and oxygen atoms in total. The van der Waals surface area contributed by atoms with Gasteiger partial charge < -0.3 is 10.0 Å². The second kappa shape index (κ2) is 11.7. The number of nitrogens with zero attached hydrogens (tertiary/aromatic N) is 1. The lowest BCUT2D eigenvalue weighted by atomic mass is 9.96. The van der Waals surface area contributed by atoms with Gasteiger partial charge in [0.15, 0.2) is 0 Å². The summed E-state index contributed by atoms with van der Waals surface area (Å²) in [5.41, 5.74) is -0.392. The van der Waals surface area contributed by atoms with E-state index in [-0.39, 0.29) is 0 Å². The Balaban J connectivity index is 3.42. The Morgan fingerprint density at radius 2 is 1.32 bits per heavy atom. The second-order valence-electron chi connectivity index (χ2n) is 6.07. The number of rotatable bonds is 13. The molecule has 0 aliphatic heterocycles. The molecule has 0 bridgehead atoms. The molecule has 0 atom stereocenters. The highest BCUT2D eigenvalue weighted by molar-refractivity contribution is 4.76. The summed E-state index contributed by atoms with van der Waals surface area (Å²) in [7, 11) is 0. The summed E-state index contributed by atoms with van der Waals surface area (Å²) in [5, 5.41) is 12.4. The van der Waals surface area contributed by atoms with E-state index < -0.39 is 5.54 Å². The minimum absolute atomic E-state index is 0.392. The van der Waals surface area contributed by atoms with Gasteiger partial charge >= 0.3 is 0 Å². The fraction of sp³-hybridized carbons (Fsp3) is 1.00. The maximum absolute atomic E-state index is 11.6. The van der Waals surface area contributed by atoms with Gasteiger partial charge in [-0.05, 0) is 27.2 Å². The summed E-state index contributed by atoms with van der Waals surface area (Å²) in [6.07, 6.45) is 12.8. The van der Waals surface area contributed by atoms with Gasteiger partial charge in [0.2, 0.25) is 0 Å². The molecular formula is C16H34NO2-. The van der Waals surface area contributed by atoms with E-state index in [1.165, 1.54) is 51.4 Å². The topological polar surface area (TPSA) is 35.5 Å². The van der Waals surface area contributed by atoms with Gasteiger partial charge in [0, 0.05) is 5.54 Å². The van der Waals surface area contributed by atoms with Crippen molar-refractivity contribution < 1.29 is 4.84 Å². The van der Waals surface area contributed by atoms with Crippen molar-refractivity contribution in [2.75, 3.05) is 6.61 Å². The Morgan fingerprint density at radius 1 is 0.842 bits per heavy atom. The van der Waals surface area contributed by atoms with E-state index in [1.807, 2.05) is 20.8 Å². The predicted molar refractivity (Wildman–Crippen MR) is 82.8 cm³/mol. The summed E-state index contributed by atoms with van der Waals surface area (Å²) in [5.74, 6) is 0. The fourth-order valence-corrected chi connectivity index (χ4v) is 2.25. The molecule has 0 amide bonds. The van der Waals surface area contributed by atoms with Crippen LogP contribution >= 0.6 is 0 Å². The first kappa shape index (κ1) is 18.9. The van der Waals surface area contributed by atoms with Crippen LogP contribution < -0.4 is 0 Å². The summed E-state index contributed by atoms with van der Waals surface area (Å²) in [6.45, 7) is 8.47. The lowest BCUT2D eigenvalue weighted by Crippen LogP contribution is -2.39. The van der Waals surface area contributed by atoms with Gasteiger partial charge in [0.25, 0.3) is 0 Å². The second-order valence-corrected chi connectivity index (χ2v) is 6.07. The SMILES string of the molecule is CCCCCCCCCCCC(C)(C)N([O-])OCC. The summed E-state index contributed by atoms with van der Waals surface area (Å²) >= 11 is 0. The minimum Gasteiger partial charge on any atom is -0.762 e. The van der Waals surface area contributed by atoms with Crippen molar-refractivity contribution in [2.24, 2.45) is 0 Å². The van der Waals surface area contributed by atoms with Crippen LogP contribution in [0.1, 0.15) is 91.9 Å². The molecule has 0 fully saturated rings. The average molecular weight is 272 g/mol. The van der Waals surface area contributed by atoms with E-state index in [9.17, 15) is 5.21 Å². The highest BCUT2D eigenvalue weighted by Gasteiger charge is 2.19. The quantitative estimate of drug-likeness (QED) is 0.331. The third-order valence-electron chi connectivity index (χ3n) is 3.63. The first-order valence-electron chi connectivity index (χ1n) is 8.15. The van der Waals surface area contributed by atoms with Crippen LogP contribution in [-0.2, 0) is 4.84 Å². The fourth-order valence-electron chi connectivity index (χ4n) is 2.25. The predicted octanol–water partition coefficient (Wildman–Crippen LogP) is 5.44. The Morgan fingerprint density at radius 3 is 1.79 bits per heavy atom. The summed E-state index contributed by atoms with van der Waals surface area (Å²) < 4.78 is 0. The molecular weight excluding hydrogens is 238 g/mol. The number of hydrogen-bond donors (Lipinski definition) is 0. The molecule has 0 radical (unpaired) electrons. The van der Waals surface area contributed by atoms with Gasteiger partial charge in [-0.1, -0.05) is 64.7 Å². The first-order valence-corrected chi connectivity index (χ1v) is 8.15. The highest BCUT2D eigenvalue weighted by Crippen LogP contribution is 2.22. The van der Waals surface area contributed by atoms with Crippen LogP contribution in [0.3, 0.4) is 0 Å². The Labute approximate surface area is 120 Å². The van der Waals surface area contributed by atoms with Crippen LogP contribution in [0.2, 0.25) is 0 Å². The molecule has 0 saturated heterocycles. The molecule has 0 N–H and O–H groups in total. The van der Waals surface area contributed by atoms with E-state index >= 15 is 0 Å². The molecule has 3 heteroatoms. The monoisotopic (exact) mass is 272 g/mol. The van der Waals surface area contributed by atoms with Crippen molar-refractivity contribution in [3.05, 3.63) is 5.21 Å². The van der Waals surface area contributed by atoms with Gasteiger partial charge in [-0.15, -0.1) is 0 Å². The van der Waals surface area contributed by atoms with Crippen molar-refractivity contribution in [3.63, 3.8) is 0 Å². The van der Waals surface area contributed by atoms with Crippen molar-refractivity contribution in [3.8, 4) is 0 Å². The summed E-state index contributed by atoms with van der Waals surface area (Å²) in [6, 6.07) is 0. The molecule has 0 aromatic carbocycles. The molecule has 0 saturated carbocycles. The van der Waals surface area contributed by atoms with E-state index in [2.05, 4.69) is 6.92 Å². The summed E-state index contributed by atoms with van der Waals surface area (Å²) in [4.78, 5) is 5.02. The van der Waals surface area contributed by atoms with Crippen molar-refractivity contribution in [1.82, 2.24) is 5.23 Å². The van der Waals surface area contributed by atoms with Gasteiger partial charge in [-0.25, -0.2) is 0 Å². The molecule has 0 heterocycles. The van der Waals surface area contributed by atoms with Crippen molar-refractivity contribution in [2.45, 2.75) is 97.4 Å². The lowest BCUT2D eigenvalue weighted by Gasteiger charge is -2.42. The van der Waals surface area contributed by atoms with Crippen LogP contribution in [0.5, 0.6) is 0 Å². The first-order chi connectivity index (χ1) is 9.04. The standard InChI is InChI=1S/C16H34NO2/c1-5-7-8-9-10-11-12-13-14-15-16(3,4)17(18)19-6-2/h5-15H2,1-4H3/q-1. The Hall–Kier alpha value is -0.120. The number of hydrogen-bond acceptors (Lipinski definition) is 3. The van der Waals surface area contributed by atoms with Gasteiger partial charge in [0.1, 0.15) is 0 Å². The zero-order chi connectivity index (χ0) is 14.6. The largest absolute Gasteiger partial charge is 0.762 e. The van der Waals surface area contributed by atoms with Gasteiger partial charge in [-0.2, -0.15) is 0 Å². The van der Waals surface area contributed by atoms with Gasteiger partial charge in [0.05, 0.1) is 6.61 Å². The van der Waals surface area contributed by atoms with Crippen LogP contribution in [-0.4, -0.2) is 17.4 Å². The van der Waals surface area contributed by atoms with Crippen LogP contribution in [0.15, 0.2) is 0 Å². The van der Waals surface area contributed by atoms with Gasteiger partial charge in [-0.3, -0.25) is 5.23 Å². The molecule has 0 aromatic rings.